The fraction of sp³-hybridized carbons (Fsp3) is 0.500. The first kappa shape index (κ1) is 16.7. The number of halogens is 1. The number of aliphatic hydroxyl groups is 1. The van der Waals surface area contributed by atoms with Crippen molar-refractivity contribution in [3.05, 3.63) is 32.8 Å². The van der Waals surface area contributed by atoms with Crippen LogP contribution in [0.5, 0.6) is 0 Å². The number of carbonyl (C=O) groups excluding carboxylic acids is 1. The van der Waals surface area contributed by atoms with Crippen LogP contribution in [0, 0.1) is 0 Å². The molecule has 6 nitrogen and oxygen atoms in total. The van der Waals surface area contributed by atoms with E-state index in [0.29, 0.717) is 23.7 Å². The van der Waals surface area contributed by atoms with Crippen LogP contribution in [0.3, 0.4) is 0 Å². The number of benzene rings is 1. The van der Waals surface area contributed by atoms with Crippen LogP contribution in [0.25, 0.3) is 10.9 Å². The Bertz CT molecular complexity index is 924. The van der Waals surface area contributed by atoms with Gasteiger partial charge in [-0.15, -0.1) is 0 Å². The predicted molar refractivity (Wildman–Crippen MR) is 98.9 cm³/mol. The van der Waals surface area contributed by atoms with E-state index in [1.54, 1.807) is 28.9 Å². The number of rotatable bonds is 1. The minimum atomic E-state index is -0.504. The molecule has 0 spiro atoms. The molecule has 1 N–H and O–H groups in total. The van der Waals surface area contributed by atoms with Crippen LogP contribution >= 0.6 is 15.9 Å². The molecule has 0 bridgehead atoms. The Hall–Kier alpha value is -1.73. The van der Waals surface area contributed by atoms with E-state index in [2.05, 4.69) is 20.9 Å². The van der Waals surface area contributed by atoms with Gasteiger partial charge in [0.2, 0.25) is 5.91 Å². The summed E-state index contributed by atoms with van der Waals surface area (Å²) in [6, 6.07) is 1.54. The molecule has 1 fully saturated rings. The maximum atomic E-state index is 13.1. The maximum absolute atomic E-state index is 13.1. The molecule has 132 valence electrons. The molecule has 0 radical (unpaired) electrons. The summed E-state index contributed by atoms with van der Waals surface area (Å²) in [5.74, 6) is 0.0613. The van der Waals surface area contributed by atoms with Gasteiger partial charge in [-0.3, -0.25) is 14.2 Å². The van der Waals surface area contributed by atoms with E-state index in [9.17, 15) is 14.7 Å². The van der Waals surface area contributed by atoms with Gasteiger partial charge in [0.05, 0.1) is 35.1 Å². The number of amides is 1. The third-order valence-corrected chi connectivity index (χ3v) is 6.05. The molecule has 2 atom stereocenters. The van der Waals surface area contributed by atoms with Crippen LogP contribution in [0.4, 0.5) is 5.69 Å². The van der Waals surface area contributed by atoms with Crippen molar-refractivity contribution in [2.24, 2.45) is 0 Å². The van der Waals surface area contributed by atoms with Crippen LogP contribution in [-0.2, 0) is 11.2 Å². The number of carbonyl (C=O) groups is 1. The lowest BCUT2D eigenvalue weighted by atomic mass is 9.92. The summed E-state index contributed by atoms with van der Waals surface area (Å²) in [7, 11) is 1.75. The number of nitrogens with zero attached hydrogens (tertiary/aromatic N) is 3. The van der Waals surface area contributed by atoms with Crippen LogP contribution < -0.4 is 10.5 Å². The molecule has 0 saturated heterocycles. The smallest absolute Gasteiger partial charge is 0.261 e. The van der Waals surface area contributed by atoms with E-state index in [1.165, 1.54) is 0 Å². The lowest BCUT2D eigenvalue weighted by Gasteiger charge is -2.30. The normalized spacial score (nSPS) is 23.8. The van der Waals surface area contributed by atoms with Crippen molar-refractivity contribution in [3.63, 3.8) is 0 Å². The van der Waals surface area contributed by atoms with Gasteiger partial charge < -0.3 is 10.0 Å². The third kappa shape index (κ3) is 2.60. The van der Waals surface area contributed by atoms with Crippen molar-refractivity contribution in [2.75, 3.05) is 11.9 Å². The molecule has 2 heterocycles. The summed E-state index contributed by atoms with van der Waals surface area (Å²) in [6.45, 7) is 0. The van der Waals surface area contributed by atoms with E-state index in [0.717, 1.165) is 41.4 Å². The fourth-order valence-electron chi connectivity index (χ4n) is 4.08. The summed E-state index contributed by atoms with van der Waals surface area (Å²) in [5.41, 5.74) is 2.26. The monoisotopic (exact) mass is 405 g/mol. The van der Waals surface area contributed by atoms with Crippen LogP contribution in [-0.4, -0.2) is 33.7 Å². The minimum Gasteiger partial charge on any atom is -0.391 e. The second-order valence-electron chi connectivity index (χ2n) is 6.91. The number of aromatic nitrogens is 2. The molecule has 1 saturated carbocycles. The molecule has 1 aromatic carbocycles. The summed E-state index contributed by atoms with van der Waals surface area (Å²) in [4.78, 5) is 31.3. The highest BCUT2D eigenvalue weighted by Gasteiger charge is 2.29. The largest absolute Gasteiger partial charge is 0.391 e. The average Bonchev–Trinajstić information content (AvgIpc) is 2.60. The highest BCUT2D eigenvalue weighted by molar-refractivity contribution is 9.10. The van der Waals surface area contributed by atoms with Gasteiger partial charge in [0.1, 0.15) is 0 Å². The van der Waals surface area contributed by atoms with Gasteiger partial charge in [-0.25, -0.2) is 4.98 Å². The molecule has 1 aliphatic carbocycles. The Balaban J connectivity index is 1.91. The maximum Gasteiger partial charge on any atom is 0.261 e. The van der Waals surface area contributed by atoms with Crippen LogP contribution in [0.1, 0.15) is 43.7 Å². The van der Waals surface area contributed by atoms with E-state index in [-0.39, 0.29) is 17.5 Å². The fourth-order valence-corrected chi connectivity index (χ4v) is 4.81. The zero-order valence-electron chi connectivity index (χ0n) is 14.0. The first-order valence-electron chi connectivity index (χ1n) is 8.66. The number of aryl methyl sites for hydroxylation is 1. The van der Waals surface area contributed by atoms with E-state index in [4.69, 9.17) is 0 Å². The van der Waals surface area contributed by atoms with Crippen LogP contribution in [0.15, 0.2) is 21.7 Å². The van der Waals surface area contributed by atoms with Crippen molar-refractivity contribution in [2.45, 2.75) is 50.7 Å². The zero-order valence-corrected chi connectivity index (χ0v) is 15.6. The highest BCUT2D eigenvalue weighted by atomic mass is 79.9. The van der Waals surface area contributed by atoms with Crippen molar-refractivity contribution in [1.29, 1.82) is 0 Å². The zero-order chi connectivity index (χ0) is 17.7. The molecule has 25 heavy (non-hydrogen) atoms. The molecule has 4 rings (SSSR count). The van der Waals surface area contributed by atoms with Crippen molar-refractivity contribution < 1.29 is 9.90 Å². The van der Waals surface area contributed by atoms with Crippen molar-refractivity contribution >= 4 is 38.4 Å². The summed E-state index contributed by atoms with van der Waals surface area (Å²) >= 11 is 3.52. The second-order valence-corrected chi connectivity index (χ2v) is 7.76. The summed E-state index contributed by atoms with van der Waals surface area (Å²) in [6.07, 6.45) is 5.57. The molecular weight excluding hydrogens is 386 g/mol. The predicted octanol–water partition coefficient (Wildman–Crippen LogP) is 2.54. The third-order valence-electron chi connectivity index (χ3n) is 5.45. The van der Waals surface area contributed by atoms with Gasteiger partial charge in [0, 0.05) is 23.5 Å². The number of aliphatic hydroxyl groups excluding tert-OH is 1. The Morgan fingerprint density at radius 1 is 1.24 bits per heavy atom. The van der Waals surface area contributed by atoms with E-state index in [1.807, 2.05) is 0 Å². The molecule has 1 amide bonds. The molecule has 1 aromatic heterocycles. The lowest BCUT2D eigenvalue weighted by molar-refractivity contribution is -0.118. The van der Waals surface area contributed by atoms with Gasteiger partial charge in [-0.05, 0) is 41.3 Å². The average molecular weight is 406 g/mol. The number of fused-ring (bicyclic) bond motifs is 3. The molecule has 0 unspecified atom stereocenters. The Kier molecular flexibility index (Phi) is 4.16. The van der Waals surface area contributed by atoms with Gasteiger partial charge in [0.15, 0.2) is 0 Å². The minimum absolute atomic E-state index is 0.0613. The Morgan fingerprint density at radius 2 is 2.00 bits per heavy atom. The summed E-state index contributed by atoms with van der Waals surface area (Å²) < 4.78 is 2.31. The van der Waals surface area contributed by atoms with Crippen molar-refractivity contribution in [1.82, 2.24) is 9.55 Å². The van der Waals surface area contributed by atoms with E-state index >= 15 is 0 Å². The first-order valence-corrected chi connectivity index (χ1v) is 9.45. The molecule has 7 heteroatoms. The van der Waals surface area contributed by atoms with E-state index < -0.39 is 6.10 Å². The first-order chi connectivity index (χ1) is 12.0. The van der Waals surface area contributed by atoms with Gasteiger partial charge in [-0.1, -0.05) is 12.8 Å². The number of hydrogen-bond acceptors (Lipinski definition) is 4. The molecular formula is C18H20BrN3O3. The second kappa shape index (κ2) is 6.21. The molecule has 2 aliphatic rings. The molecule has 2 aromatic rings. The van der Waals surface area contributed by atoms with Gasteiger partial charge >= 0.3 is 0 Å². The Morgan fingerprint density at radius 3 is 2.76 bits per heavy atom. The standard InChI is InChI=1S/C18H20BrN3O3/c1-21-15(24)7-6-10-16-11(8-12(19)17(10)21)18(25)22(9-20-16)13-4-2-3-5-14(13)23/h8-9,13-14,23H,2-7H2,1H3/t13-,14-/m0/s1. The summed E-state index contributed by atoms with van der Waals surface area (Å²) in [5, 5.41) is 10.8. The lowest BCUT2D eigenvalue weighted by Crippen LogP contribution is -2.35. The van der Waals surface area contributed by atoms with Gasteiger partial charge in [-0.2, -0.15) is 0 Å². The SMILES string of the molecule is CN1C(=O)CCc2c1c(Br)cc1c(=O)n([C@H]3CCCC[C@@H]3O)cnc21. The topological polar surface area (TPSA) is 75.4 Å². The van der Waals surface area contributed by atoms with Crippen molar-refractivity contribution in [3.8, 4) is 0 Å². The Labute approximate surface area is 153 Å². The van der Waals surface area contributed by atoms with Crippen LogP contribution in [0.2, 0.25) is 0 Å². The quantitative estimate of drug-likeness (QED) is 0.790. The van der Waals surface area contributed by atoms with Gasteiger partial charge in [0.25, 0.3) is 5.56 Å². The molecule has 1 aliphatic heterocycles. The highest BCUT2D eigenvalue weighted by Crippen LogP contribution is 2.38. The number of anilines is 1. The number of hydrogen-bond donors (Lipinski definition) is 1.